The van der Waals surface area contributed by atoms with Crippen molar-refractivity contribution in [3.05, 3.63) is 48.0 Å². The molecule has 1 aliphatic carbocycles. The van der Waals surface area contributed by atoms with E-state index >= 15 is 0 Å². The van der Waals surface area contributed by atoms with E-state index in [1.54, 1.807) is 18.2 Å². The van der Waals surface area contributed by atoms with Crippen LogP contribution in [0.2, 0.25) is 0 Å². The summed E-state index contributed by atoms with van der Waals surface area (Å²) >= 11 is 0. The third-order valence-corrected chi connectivity index (χ3v) is 6.95. The second kappa shape index (κ2) is 7.37. The number of hydrogen-bond acceptors (Lipinski definition) is 5. The molecular formula is C19H22N2O4S. The monoisotopic (exact) mass is 374 g/mol. The molecule has 0 heterocycles. The van der Waals surface area contributed by atoms with Gasteiger partial charge in [0, 0.05) is 11.3 Å². The predicted octanol–water partition coefficient (Wildman–Crippen LogP) is 3.25. The second-order valence-electron chi connectivity index (χ2n) is 6.39. The van der Waals surface area contributed by atoms with E-state index in [1.807, 2.05) is 0 Å². The van der Waals surface area contributed by atoms with Crippen LogP contribution in [0.4, 0.5) is 11.4 Å². The van der Waals surface area contributed by atoms with Gasteiger partial charge in [0.2, 0.25) is 0 Å². The molecule has 1 fully saturated rings. The van der Waals surface area contributed by atoms with Gasteiger partial charge >= 0.3 is 0 Å². The lowest BCUT2D eigenvalue weighted by atomic mass is 10.2. The lowest BCUT2D eigenvalue weighted by Crippen LogP contribution is -2.18. The number of carbonyl (C=O) groups excluding carboxylic acids is 1. The minimum Gasteiger partial charge on any atom is -0.495 e. The quantitative estimate of drug-likeness (QED) is 0.783. The number of anilines is 2. The van der Waals surface area contributed by atoms with Crippen molar-refractivity contribution in [3.8, 4) is 5.75 Å². The molecule has 1 amide bonds. The molecule has 3 N–H and O–H groups in total. The van der Waals surface area contributed by atoms with Gasteiger partial charge in [-0.15, -0.1) is 0 Å². The molecule has 138 valence electrons. The van der Waals surface area contributed by atoms with Crippen molar-refractivity contribution < 1.29 is 17.9 Å². The third kappa shape index (κ3) is 3.67. The molecule has 26 heavy (non-hydrogen) atoms. The summed E-state index contributed by atoms with van der Waals surface area (Å²) < 4.78 is 30.2. The van der Waals surface area contributed by atoms with Crippen molar-refractivity contribution in [1.29, 1.82) is 0 Å². The summed E-state index contributed by atoms with van der Waals surface area (Å²) in [6.07, 6.45) is 3.33. The number of nitrogens with two attached hydrogens (primary N) is 1. The van der Waals surface area contributed by atoms with E-state index in [0.29, 0.717) is 35.5 Å². The molecule has 2 aromatic carbocycles. The van der Waals surface area contributed by atoms with E-state index < -0.39 is 9.84 Å². The molecule has 0 unspecified atom stereocenters. The van der Waals surface area contributed by atoms with Gasteiger partial charge in [0.05, 0.1) is 22.9 Å². The lowest BCUT2D eigenvalue weighted by Gasteiger charge is -2.12. The van der Waals surface area contributed by atoms with E-state index in [9.17, 15) is 13.2 Å². The maximum Gasteiger partial charge on any atom is 0.255 e. The summed E-state index contributed by atoms with van der Waals surface area (Å²) in [6.45, 7) is 0. The van der Waals surface area contributed by atoms with Crippen LogP contribution in [-0.4, -0.2) is 26.7 Å². The van der Waals surface area contributed by atoms with Gasteiger partial charge in [-0.2, -0.15) is 0 Å². The molecule has 0 atom stereocenters. The number of hydrogen-bond donors (Lipinski definition) is 2. The summed E-state index contributed by atoms with van der Waals surface area (Å²) in [4.78, 5) is 12.6. The summed E-state index contributed by atoms with van der Waals surface area (Å²) in [6, 6.07) is 11.0. The number of amides is 1. The normalized spacial score (nSPS) is 15.0. The molecule has 0 aliphatic heterocycles. The lowest BCUT2D eigenvalue weighted by molar-refractivity contribution is 0.102. The van der Waals surface area contributed by atoms with Gasteiger partial charge in [-0.3, -0.25) is 4.79 Å². The van der Waals surface area contributed by atoms with Crippen LogP contribution < -0.4 is 15.8 Å². The van der Waals surface area contributed by atoms with E-state index in [0.717, 1.165) is 12.8 Å². The third-order valence-electron chi connectivity index (χ3n) is 4.67. The molecule has 0 bridgehead atoms. The standard InChI is InChI=1S/C19H22N2O4S/c1-25-18-11-8-14(12-17(18)20)21-19(22)13-6-9-16(10-7-13)26(23,24)15-4-2-3-5-15/h6-12,15H,2-5,20H2,1H3,(H,21,22). The van der Waals surface area contributed by atoms with Gasteiger partial charge < -0.3 is 15.8 Å². The molecule has 0 spiro atoms. The van der Waals surface area contributed by atoms with Crippen LogP contribution in [0, 0.1) is 0 Å². The Morgan fingerprint density at radius 2 is 1.77 bits per heavy atom. The van der Waals surface area contributed by atoms with Crippen molar-refractivity contribution in [1.82, 2.24) is 0 Å². The van der Waals surface area contributed by atoms with Crippen LogP contribution in [0.25, 0.3) is 0 Å². The highest BCUT2D eigenvalue weighted by molar-refractivity contribution is 7.92. The number of benzene rings is 2. The van der Waals surface area contributed by atoms with Gasteiger partial charge in [0.15, 0.2) is 9.84 Å². The summed E-state index contributed by atoms with van der Waals surface area (Å²) in [5, 5.41) is 2.44. The highest BCUT2D eigenvalue weighted by Crippen LogP contribution is 2.30. The fourth-order valence-corrected chi connectivity index (χ4v) is 5.06. The molecule has 7 heteroatoms. The number of sulfone groups is 1. The Morgan fingerprint density at radius 1 is 1.12 bits per heavy atom. The van der Waals surface area contributed by atoms with Crippen molar-refractivity contribution in [2.45, 2.75) is 35.8 Å². The van der Waals surface area contributed by atoms with Gasteiger partial charge in [-0.1, -0.05) is 12.8 Å². The van der Waals surface area contributed by atoms with E-state index in [-0.39, 0.29) is 16.1 Å². The predicted molar refractivity (Wildman–Crippen MR) is 101 cm³/mol. The Morgan fingerprint density at radius 3 is 2.35 bits per heavy atom. The molecule has 1 aliphatic rings. The van der Waals surface area contributed by atoms with Crippen LogP contribution in [-0.2, 0) is 9.84 Å². The molecule has 1 saturated carbocycles. The first-order valence-corrected chi connectivity index (χ1v) is 10.1. The molecule has 6 nitrogen and oxygen atoms in total. The molecule has 0 radical (unpaired) electrons. The Labute approximate surface area is 153 Å². The highest BCUT2D eigenvalue weighted by Gasteiger charge is 2.30. The number of methoxy groups -OCH3 is 1. The van der Waals surface area contributed by atoms with Gasteiger partial charge in [-0.05, 0) is 55.3 Å². The van der Waals surface area contributed by atoms with Crippen LogP contribution in [0.1, 0.15) is 36.0 Å². The van der Waals surface area contributed by atoms with Crippen LogP contribution in [0.5, 0.6) is 5.75 Å². The highest BCUT2D eigenvalue weighted by atomic mass is 32.2. The van der Waals surface area contributed by atoms with Crippen molar-refractivity contribution in [2.75, 3.05) is 18.2 Å². The Hall–Kier alpha value is -2.54. The molecule has 2 aromatic rings. The maximum absolute atomic E-state index is 12.6. The zero-order valence-electron chi connectivity index (χ0n) is 14.6. The van der Waals surface area contributed by atoms with Gasteiger partial charge in [-0.25, -0.2) is 8.42 Å². The van der Waals surface area contributed by atoms with Crippen LogP contribution in [0.3, 0.4) is 0 Å². The fourth-order valence-electron chi connectivity index (χ4n) is 3.20. The topological polar surface area (TPSA) is 98.5 Å². The average molecular weight is 374 g/mol. The Kier molecular flexibility index (Phi) is 5.18. The SMILES string of the molecule is COc1ccc(NC(=O)c2ccc(S(=O)(=O)C3CCCC3)cc2)cc1N. The van der Waals surface area contributed by atoms with Crippen molar-refractivity contribution >= 4 is 27.1 Å². The largest absolute Gasteiger partial charge is 0.495 e. The first-order valence-electron chi connectivity index (χ1n) is 8.50. The number of rotatable bonds is 5. The van der Waals surface area contributed by atoms with Gasteiger partial charge in [0.25, 0.3) is 5.91 Å². The summed E-state index contributed by atoms with van der Waals surface area (Å²) in [7, 11) is -1.80. The minimum atomic E-state index is -3.32. The Balaban J connectivity index is 1.74. The van der Waals surface area contributed by atoms with Crippen LogP contribution in [0.15, 0.2) is 47.4 Å². The van der Waals surface area contributed by atoms with Gasteiger partial charge in [0.1, 0.15) is 5.75 Å². The number of nitrogens with one attached hydrogen (secondary N) is 1. The first-order chi connectivity index (χ1) is 12.4. The minimum absolute atomic E-state index is 0.273. The zero-order chi connectivity index (χ0) is 18.7. The first kappa shape index (κ1) is 18.3. The smallest absolute Gasteiger partial charge is 0.255 e. The molecule has 0 saturated heterocycles. The van der Waals surface area contributed by atoms with Crippen LogP contribution >= 0.6 is 0 Å². The van der Waals surface area contributed by atoms with E-state index in [4.69, 9.17) is 10.5 Å². The molecule has 3 rings (SSSR count). The number of carbonyl (C=O) groups is 1. The fraction of sp³-hybridized carbons (Fsp3) is 0.316. The summed E-state index contributed by atoms with van der Waals surface area (Å²) in [5.41, 5.74) is 7.17. The number of ether oxygens (including phenoxy) is 1. The van der Waals surface area contributed by atoms with Crippen molar-refractivity contribution in [3.63, 3.8) is 0 Å². The Bertz CT molecular complexity index is 902. The second-order valence-corrected chi connectivity index (χ2v) is 8.61. The maximum atomic E-state index is 12.6. The van der Waals surface area contributed by atoms with E-state index in [1.165, 1.54) is 31.4 Å². The van der Waals surface area contributed by atoms with E-state index in [2.05, 4.69) is 5.32 Å². The average Bonchev–Trinajstić information content (AvgIpc) is 3.17. The molecule has 0 aromatic heterocycles. The van der Waals surface area contributed by atoms with Crippen molar-refractivity contribution in [2.24, 2.45) is 0 Å². The molecular weight excluding hydrogens is 352 g/mol. The summed E-state index contributed by atoms with van der Waals surface area (Å²) in [5.74, 6) is 0.198. The number of nitrogen functional groups attached to an aromatic ring is 1. The zero-order valence-corrected chi connectivity index (χ0v) is 15.4.